The summed E-state index contributed by atoms with van der Waals surface area (Å²) < 4.78 is 0. The Balaban J connectivity index is 2.05. The molecule has 23 heavy (non-hydrogen) atoms. The number of hydrogen-bond acceptors (Lipinski definition) is 2. The van der Waals surface area contributed by atoms with Gasteiger partial charge in [0.2, 0.25) is 0 Å². The van der Waals surface area contributed by atoms with Gasteiger partial charge in [-0.15, -0.1) is 0 Å². The summed E-state index contributed by atoms with van der Waals surface area (Å²) in [5.74, 6) is -0.982. The molecule has 3 rings (SSSR count). The van der Waals surface area contributed by atoms with Crippen LogP contribution in [0.3, 0.4) is 0 Å². The molecule has 0 spiro atoms. The number of carboxylic acid groups (broad SMARTS) is 1. The Hall–Kier alpha value is -3.20. The minimum atomic E-state index is -0.982. The summed E-state index contributed by atoms with van der Waals surface area (Å²) in [5.41, 5.74) is 4.46. The Kier molecular flexibility index (Phi) is 4.02. The van der Waals surface area contributed by atoms with Crippen LogP contribution in [-0.2, 0) is 0 Å². The molecule has 0 atom stereocenters. The fourth-order valence-corrected chi connectivity index (χ4v) is 2.55. The van der Waals surface area contributed by atoms with Crippen LogP contribution in [0, 0.1) is 0 Å². The summed E-state index contributed by atoms with van der Waals surface area (Å²) in [4.78, 5) is 15.7. The molecule has 2 aromatic carbocycles. The highest BCUT2D eigenvalue weighted by atomic mass is 16.4. The zero-order chi connectivity index (χ0) is 16.2. The smallest absolute Gasteiger partial charge is 0.336 e. The number of carbonyl (C=O) groups is 1. The van der Waals surface area contributed by atoms with Crippen LogP contribution in [0.15, 0.2) is 73.4 Å². The second-order valence-electron chi connectivity index (χ2n) is 5.07. The van der Waals surface area contributed by atoms with Crippen molar-refractivity contribution in [2.24, 2.45) is 0 Å². The van der Waals surface area contributed by atoms with E-state index in [0.717, 1.165) is 16.7 Å². The van der Waals surface area contributed by atoms with Gasteiger partial charge >= 0.3 is 5.97 Å². The summed E-state index contributed by atoms with van der Waals surface area (Å²) in [7, 11) is 0. The van der Waals surface area contributed by atoms with Gasteiger partial charge < -0.3 is 5.11 Å². The van der Waals surface area contributed by atoms with E-state index < -0.39 is 5.97 Å². The van der Waals surface area contributed by atoms with Gasteiger partial charge in [-0.3, -0.25) is 4.98 Å². The molecule has 0 aliphatic heterocycles. The van der Waals surface area contributed by atoms with Crippen molar-refractivity contribution in [2.45, 2.75) is 0 Å². The van der Waals surface area contributed by atoms with Crippen LogP contribution in [-0.4, -0.2) is 16.1 Å². The van der Waals surface area contributed by atoms with Crippen molar-refractivity contribution in [1.82, 2.24) is 4.98 Å². The third-order valence-corrected chi connectivity index (χ3v) is 3.69. The Labute approximate surface area is 134 Å². The first-order valence-electron chi connectivity index (χ1n) is 7.21. The Morgan fingerprint density at radius 2 is 1.52 bits per heavy atom. The maximum Gasteiger partial charge on any atom is 0.336 e. The fourth-order valence-electron chi connectivity index (χ4n) is 2.55. The van der Waals surface area contributed by atoms with Gasteiger partial charge in [0, 0.05) is 17.3 Å². The van der Waals surface area contributed by atoms with Gasteiger partial charge in [-0.2, -0.15) is 0 Å². The molecular weight excluding hydrogens is 286 g/mol. The van der Waals surface area contributed by atoms with Gasteiger partial charge in [0.05, 0.1) is 11.3 Å². The van der Waals surface area contributed by atoms with E-state index in [1.165, 1.54) is 18.3 Å². The van der Waals surface area contributed by atoms with Gasteiger partial charge in [-0.1, -0.05) is 67.3 Å². The molecule has 0 bridgehead atoms. The van der Waals surface area contributed by atoms with Crippen LogP contribution in [0.1, 0.15) is 15.9 Å². The second kappa shape index (κ2) is 6.28. The highest BCUT2D eigenvalue weighted by Gasteiger charge is 2.14. The van der Waals surface area contributed by atoms with Crippen LogP contribution < -0.4 is 0 Å². The highest BCUT2D eigenvalue weighted by Crippen LogP contribution is 2.28. The van der Waals surface area contributed by atoms with Crippen molar-refractivity contribution in [3.63, 3.8) is 0 Å². The standard InChI is InChI=1S/C20H15NO2/c1-2-17-18(20(22)23)12-13-21-19(17)16-10-8-15(9-11-16)14-6-4-3-5-7-14/h2-13H,1H2,(H,22,23). The number of benzene rings is 2. The first-order valence-corrected chi connectivity index (χ1v) is 7.21. The summed E-state index contributed by atoms with van der Waals surface area (Å²) in [5, 5.41) is 9.29. The summed E-state index contributed by atoms with van der Waals surface area (Å²) in [6, 6.07) is 19.5. The third-order valence-electron chi connectivity index (χ3n) is 3.69. The zero-order valence-electron chi connectivity index (χ0n) is 12.4. The number of hydrogen-bond donors (Lipinski definition) is 1. The Morgan fingerprint density at radius 3 is 2.13 bits per heavy atom. The predicted molar refractivity (Wildman–Crippen MR) is 92.2 cm³/mol. The minimum absolute atomic E-state index is 0.206. The molecule has 0 unspecified atom stereocenters. The van der Waals surface area contributed by atoms with Crippen LogP contribution in [0.5, 0.6) is 0 Å². The van der Waals surface area contributed by atoms with E-state index >= 15 is 0 Å². The molecule has 1 N–H and O–H groups in total. The molecule has 0 aliphatic carbocycles. The largest absolute Gasteiger partial charge is 0.478 e. The lowest BCUT2D eigenvalue weighted by Crippen LogP contribution is -2.02. The van der Waals surface area contributed by atoms with Crippen molar-refractivity contribution in [3.05, 3.63) is 84.6 Å². The summed E-state index contributed by atoms with van der Waals surface area (Å²) in [6.07, 6.45) is 3.05. The first-order chi connectivity index (χ1) is 11.2. The molecule has 0 radical (unpaired) electrons. The average Bonchev–Trinajstić information content (AvgIpc) is 2.62. The van der Waals surface area contributed by atoms with Crippen molar-refractivity contribution in [3.8, 4) is 22.4 Å². The molecule has 3 nitrogen and oxygen atoms in total. The lowest BCUT2D eigenvalue weighted by atomic mass is 9.98. The highest BCUT2D eigenvalue weighted by molar-refractivity contribution is 5.95. The van der Waals surface area contributed by atoms with E-state index in [-0.39, 0.29) is 5.56 Å². The quantitative estimate of drug-likeness (QED) is 0.756. The number of pyridine rings is 1. The number of carboxylic acids is 1. The first kappa shape index (κ1) is 14.7. The van der Waals surface area contributed by atoms with Crippen LogP contribution in [0.2, 0.25) is 0 Å². The monoisotopic (exact) mass is 301 g/mol. The van der Waals surface area contributed by atoms with E-state index in [9.17, 15) is 9.90 Å². The Morgan fingerprint density at radius 1 is 0.913 bits per heavy atom. The van der Waals surface area contributed by atoms with Crippen LogP contribution in [0.4, 0.5) is 0 Å². The molecule has 0 fully saturated rings. The second-order valence-corrected chi connectivity index (χ2v) is 5.07. The van der Waals surface area contributed by atoms with Crippen molar-refractivity contribution >= 4 is 12.0 Å². The molecule has 1 aromatic heterocycles. The van der Waals surface area contributed by atoms with Gasteiger partial charge in [-0.05, 0) is 17.2 Å². The summed E-state index contributed by atoms with van der Waals surface area (Å²) >= 11 is 0. The van der Waals surface area contributed by atoms with E-state index in [4.69, 9.17) is 0 Å². The van der Waals surface area contributed by atoms with E-state index in [0.29, 0.717) is 11.3 Å². The molecule has 3 heteroatoms. The molecule has 0 amide bonds. The lowest BCUT2D eigenvalue weighted by molar-refractivity contribution is 0.0696. The van der Waals surface area contributed by atoms with Crippen molar-refractivity contribution < 1.29 is 9.90 Å². The topological polar surface area (TPSA) is 50.2 Å². The van der Waals surface area contributed by atoms with E-state index in [1.807, 2.05) is 54.6 Å². The molecule has 1 heterocycles. The van der Waals surface area contributed by atoms with Gasteiger partial charge in [0.1, 0.15) is 0 Å². The maximum absolute atomic E-state index is 11.3. The van der Waals surface area contributed by atoms with Gasteiger partial charge in [0.25, 0.3) is 0 Å². The fraction of sp³-hybridized carbons (Fsp3) is 0. The van der Waals surface area contributed by atoms with Crippen LogP contribution >= 0.6 is 0 Å². The normalized spacial score (nSPS) is 10.3. The number of rotatable bonds is 4. The van der Waals surface area contributed by atoms with Crippen LogP contribution in [0.25, 0.3) is 28.5 Å². The van der Waals surface area contributed by atoms with Gasteiger partial charge in [-0.25, -0.2) is 4.79 Å². The molecular formula is C20H15NO2. The van der Waals surface area contributed by atoms with Crippen molar-refractivity contribution in [1.29, 1.82) is 0 Å². The lowest BCUT2D eigenvalue weighted by Gasteiger charge is -2.09. The SMILES string of the molecule is C=Cc1c(C(=O)O)ccnc1-c1ccc(-c2ccccc2)cc1. The third kappa shape index (κ3) is 2.90. The minimum Gasteiger partial charge on any atom is -0.478 e. The van der Waals surface area contributed by atoms with Gasteiger partial charge in [0.15, 0.2) is 0 Å². The maximum atomic E-state index is 11.3. The molecule has 0 saturated carbocycles. The zero-order valence-corrected chi connectivity index (χ0v) is 12.4. The predicted octanol–water partition coefficient (Wildman–Crippen LogP) is 4.76. The summed E-state index contributed by atoms with van der Waals surface area (Å²) in [6.45, 7) is 3.72. The van der Waals surface area contributed by atoms with E-state index in [1.54, 1.807) is 0 Å². The number of aromatic carboxylic acids is 1. The number of aromatic nitrogens is 1. The average molecular weight is 301 g/mol. The molecule has 0 saturated heterocycles. The molecule has 112 valence electrons. The van der Waals surface area contributed by atoms with Crippen molar-refractivity contribution in [2.75, 3.05) is 0 Å². The molecule has 3 aromatic rings. The van der Waals surface area contributed by atoms with E-state index in [2.05, 4.69) is 11.6 Å². The Bertz CT molecular complexity index is 853. The number of nitrogens with zero attached hydrogens (tertiary/aromatic N) is 1. The molecule has 0 aliphatic rings.